The molecule has 4 aliphatic heterocycles. The van der Waals surface area contributed by atoms with E-state index in [2.05, 4.69) is 13.0 Å². The van der Waals surface area contributed by atoms with Gasteiger partial charge in [-0.15, -0.1) is 11.8 Å². The molecule has 0 saturated carbocycles. The highest BCUT2D eigenvalue weighted by molar-refractivity contribution is 8.02. The molecule has 4 aliphatic rings. The number of hydrogen-bond acceptors (Lipinski definition) is 5. The van der Waals surface area contributed by atoms with E-state index in [0.717, 1.165) is 18.4 Å². The number of thioether (sulfide) groups is 1. The number of amides is 3. The Bertz CT molecular complexity index is 1110. The molecule has 8 heteroatoms. The number of benzene rings is 1. The zero-order valence-electron chi connectivity index (χ0n) is 21.2. The van der Waals surface area contributed by atoms with E-state index in [1.807, 2.05) is 60.4 Å². The third kappa shape index (κ3) is 3.64. The zero-order valence-corrected chi connectivity index (χ0v) is 22.0. The van der Waals surface area contributed by atoms with Crippen LogP contribution in [0.3, 0.4) is 0 Å². The van der Waals surface area contributed by atoms with E-state index in [-0.39, 0.29) is 24.3 Å². The van der Waals surface area contributed by atoms with Gasteiger partial charge >= 0.3 is 0 Å². The van der Waals surface area contributed by atoms with Crippen LogP contribution in [0.25, 0.3) is 0 Å². The van der Waals surface area contributed by atoms with Gasteiger partial charge in [0.15, 0.2) is 0 Å². The second-order valence-electron chi connectivity index (χ2n) is 10.5. The summed E-state index contributed by atoms with van der Waals surface area (Å²) < 4.78 is -1.51. The minimum Gasteiger partial charge on any atom is -0.394 e. The van der Waals surface area contributed by atoms with Crippen molar-refractivity contribution in [2.24, 2.45) is 11.8 Å². The Morgan fingerprint density at radius 2 is 1.75 bits per heavy atom. The lowest BCUT2D eigenvalue weighted by atomic mass is 9.74. The van der Waals surface area contributed by atoms with E-state index < -0.39 is 33.4 Å². The van der Waals surface area contributed by atoms with Gasteiger partial charge in [0.25, 0.3) is 0 Å². The predicted octanol–water partition coefficient (Wildman–Crippen LogP) is 2.63. The van der Waals surface area contributed by atoms with Crippen molar-refractivity contribution in [3.63, 3.8) is 0 Å². The van der Waals surface area contributed by atoms with Crippen LogP contribution in [0, 0.1) is 11.8 Å². The van der Waals surface area contributed by atoms with E-state index in [9.17, 15) is 19.5 Å². The highest BCUT2D eigenvalue weighted by Gasteiger charge is 2.74. The number of fused-ring (bicyclic) bond motifs is 2. The van der Waals surface area contributed by atoms with Crippen LogP contribution in [-0.4, -0.2) is 86.4 Å². The van der Waals surface area contributed by atoms with E-state index in [4.69, 9.17) is 0 Å². The van der Waals surface area contributed by atoms with Crippen LogP contribution >= 0.6 is 11.8 Å². The van der Waals surface area contributed by atoms with E-state index in [1.54, 1.807) is 28.6 Å². The van der Waals surface area contributed by atoms with Gasteiger partial charge in [-0.05, 0) is 18.9 Å². The average molecular weight is 510 g/mol. The lowest BCUT2D eigenvalue weighted by Crippen LogP contribution is -2.54. The van der Waals surface area contributed by atoms with E-state index in [1.165, 1.54) is 0 Å². The highest BCUT2D eigenvalue weighted by atomic mass is 32.2. The first-order valence-corrected chi connectivity index (χ1v) is 13.7. The van der Waals surface area contributed by atoms with Gasteiger partial charge in [-0.1, -0.05) is 68.0 Å². The molecule has 3 amide bonds. The first kappa shape index (κ1) is 25.1. The molecule has 0 radical (unpaired) electrons. The lowest BCUT2D eigenvalue weighted by molar-refractivity contribution is -0.147. The normalized spacial score (nSPS) is 34.4. The molecular weight excluding hydrogens is 474 g/mol. The van der Waals surface area contributed by atoms with Gasteiger partial charge in [-0.3, -0.25) is 14.4 Å². The fraction of sp³-hybridized carbons (Fsp3) is 0.536. The molecule has 2 saturated heterocycles. The molecule has 5 rings (SSSR count). The number of aliphatic hydroxyl groups excluding tert-OH is 1. The number of nitrogens with zero attached hydrogens (tertiary/aromatic N) is 3. The Morgan fingerprint density at radius 3 is 2.44 bits per heavy atom. The second-order valence-corrected chi connectivity index (χ2v) is 12.3. The van der Waals surface area contributed by atoms with Crippen molar-refractivity contribution in [2.45, 2.75) is 48.3 Å². The van der Waals surface area contributed by atoms with Crippen molar-refractivity contribution in [3.8, 4) is 0 Å². The van der Waals surface area contributed by atoms with Crippen LogP contribution in [0.2, 0.25) is 0 Å². The van der Waals surface area contributed by atoms with E-state index >= 15 is 0 Å². The molecule has 1 aromatic carbocycles. The minimum atomic E-state index is -0.894. The Balaban J connectivity index is 1.68. The second kappa shape index (κ2) is 9.38. The fourth-order valence-corrected chi connectivity index (χ4v) is 8.69. The summed E-state index contributed by atoms with van der Waals surface area (Å²) in [5, 5.41) is 10.6. The largest absolute Gasteiger partial charge is 0.394 e. The standard InChI is InChI=1S/C28H35N3O4S/c1-4-5-16-30-17-10-14-28-22(21-24(33)29(3)15-9-13-27(21,2)36-28)25(34)31(23(28)26(30)35)20(18-32)19-11-7-6-8-12-19/h6-14,20-23,32H,4-5,15-18H2,1-3H3/t20-,21-,22+,23?,27+,28+/m1/s1. The van der Waals surface area contributed by atoms with E-state index in [0.29, 0.717) is 19.6 Å². The summed E-state index contributed by atoms with van der Waals surface area (Å²) in [5.74, 6) is -1.69. The lowest BCUT2D eigenvalue weighted by Gasteiger charge is -2.40. The Hall–Kier alpha value is -2.58. The summed E-state index contributed by atoms with van der Waals surface area (Å²) in [4.78, 5) is 47.6. The minimum absolute atomic E-state index is 0.0704. The molecule has 0 aromatic heterocycles. The number of carbonyl (C=O) groups excluding carboxylic acids is 3. The van der Waals surface area contributed by atoms with Gasteiger partial charge in [0.1, 0.15) is 6.04 Å². The van der Waals surface area contributed by atoms with Gasteiger partial charge in [-0.25, -0.2) is 0 Å². The summed E-state index contributed by atoms with van der Waals surface area (Å²) >= 11 is 1.58. The number of likely N-dealkylation sites (tertiary alicyclic amines) is 1. The summed E-state index contributed by atoms with van der Waals surface area (Å²) in [5.41, 5.74) is 0.779. The third-order valence-corrected chi connectivity index (χ3v) is 10.1. The topological polar surface area (TPSA) is 81.2 Å². The number of unbranched alkanes of at least 4 members (excludes halogenated alkanes) is 1. The van der Waals surface area contributed by atoms with Gasteiger partial charge in [0, 0.05) is 31.4 Å². The Kier molecular flexibility index (Phi) is 6.53. The van der Waals surface area contributed by atoms with Crippen molar-refractivity contribution in [2.75, 3.05) is 33.3 Å². The Morgan fingerprint density at radius 1 is 1.03 bits per heavy atom. The smallest absolute Gasteiger partial charge is 0.247 e. The zero-order chi connectivity index (χ0) is 25.7. The van der Waals surface area contributed by atoms with Crippen molar-refractivity contribution >= 4 is 29.5 Å². The predicted molar refractivity (Wildman–Crippen MR) is 140 cm³/mol. The molecule has 1 spiro atoms. The average Bonchev–Trinajstić information content (AvgIpc) is 3.15. The molecule has 192 valence electrons. The van der Waals surface area contributed by atoms with Crippen LogP contribution in [0.1, 0.15) is 38.3 Å². The van der Waals surface area contributed by atoms with Gasteiger partial charge < -0.3 is 19.8 Å². The molecule has 7 nitrogen and oxygen atoms in total. The molecule has 6 atom stereocenters. The van der Waals surface area contributed by atoms with Gasteiger partial charge in [0.2, 0.25) is 17.7 Å². The highest BCUT2D eigenvalue weighted by Crippen LogP contribution is 2.66. The third-order valence-electron chi connectivity index (χ3n) is 8.25. The SMILES string of the molecule is CCCCN1CC=C[C@]23S[C@@]4(C)C=CCN(C)C(=O)[C@H]4[C@H]2C(=O)N([C@H](CO)c2ccccc2)C3C1=O. The summed E-state index contributed by atoms with van der Waals surface area (Å²) in [6, 6.07) is 7.92. The number of carbonyl (C=O) groups is 3. The van der Waals surface area contributed by atoms with Crippen molar-refractivity contribution in [1.29, 1.82) is 0 Å². The maximum absolute atomic E-state index is 14.5. The summed E-state index contributed by atoms with van der Waals surface area (Å²) in [6.07, 6.45) is 9.93. The van der Waals surface area contributed by atoms with Crippen LogP contribution in [0.4, 0.5) is 0 Å². The number of likely N-dealkylation sites (N-methyl/N-ethyl adjacent to an activating group) is 1. The van der Waals surface area contributed by atoms with Crippen molar-refractivity contribution in [3.05, 3.63) is 60.2 Å². The first-order chi connectivity index (χ1) is 17.3. The molecule has 36 heavy (non-hydrogen) atoms. The number of hydrogen-bond donors (Lipinski definition) is 1. The van der Waals surface area contributed by atoms with Gasteiger partial charge in [0.05, 0.1) is 29.2 Å². The maximum Gasteiger partial charge on any atom is 0.247 e. The summed E-state index contributed by atoms with van der Waals surface area (Å²) in [7, 11) is 1.77. The van der Waals surface area contributed by atoms with Crippen LogP contribution in [0.5, 0.6) is 0 Å². The molecule has 1 aromatic rings. The molecule has 4 heterocycles. The fourth-order valence-electron chi connectivity index (χ4n) is 6.54. The van der Waals surface area contributed by atoms with Crippen molar-refractivity contribution < 1.29 is 19.5 Å². The number of aliphatic hydroxyl groups is 1. The molecule has 2 fully saturated rings. The number of rotatable bonds is 6. The quantitative estimate of drug-likeness (QED) is 0.597. The van der Waals surface area contributed by atoms with Crippen molar-refractivity contribution in [1.82, 2.24) is 14.7 Å². The monoisotopic (exact) mass is 509 g/mol. The molecule has 0 aliphatic carbocycles. The van der Waals surface area contributed by atoms with Crippen LogP contribution in [0.15, 0.2) is 54.6 Å². The molecular formula is C28H35N3O4S. The molecule has 0 bridgehead atoms. The first-order valence-electron chi connectivity index (χ1n) is 12.9. The van der Waals surface area contributed by atoms with Crippen LogP contribution in [-0.2, 0) is 14.4 Å². The van der Waals surface area contributed by atoms with Crippen LogP contribution < -0.4 is 0 Å². The molecule has 1 N–H and O–H groups in total. The summed E-state index contributed by atoms with van der Waals surface area (Å²) in [6.45, 7) is 5.40. The Labute approximate surface area is 217 Å². The maximum atomic E-state index is 14.5. The molecule has 1 unspecified atom stereocenters. The van der Waals surface area contributed by atoms with Gasteiger partial charge in [-0.2, -0.15) is 0 Å².